The number of nitrogens with one attached hydrogen (secondary N) is 1. The van der Waals surface area contributed by atoms with E-state index >= 15 is 0 Å². The van der Waals surface area contributed by atoms with E-state index in [1.165, 1.54) is 6.07 Å². The number of hydrogen-bond donors (Lipinski definition) is 1. The highest BCUT2D eigenvalue weighted by Gasteiger charge is 2.14. The van der Waals surface area contributed by atoms with Crippen LogP contribution in [0.15, 0.2) is 40.9 Å². The van der Waals surface area contributed by atoms with Crippen LogP contribution in [-0.4, -0.2) is 22.8 Å². The lowest BCUT2D eigenvalue weighted by Crippen LogP contribution is -2.23. The molecule has 0 unspecified atom stereocenters. The molecule has 1 N–H and O–H groups in total. The summed E-state index contributed by atoms with van der Waals surface area (Å²) in [5, 5.41) is 6.69. The van der Waals surface area contributed by atoms with Crippen molar-refractivity contribution in [3.63, 3.8) is 0 Å². The van der Waals surface area contributed by atoms with E-state index in [4.69, 9.17) is 14.0 Å². The second-order valence-electron chi connectivity index (χ2n) is 6.44. The largest absolute Gasteiger partial charge is 0.454 e. The predicted octanol–water partition coefficient (Wildman–Crippen LogP) is 3.16. The van der Waals surface area contributed by atoms with Crippen molar-refractivity contribution in [1.82, 2.24) is 15.5 Å². The van der Waals surface area contributed by atoms with Crippen molar-refractivity contribution in [1.29, 1.82) is 0 Å². The second-order valence-corrected chi connectivity index (χ2v) is 6.44. The summed E-state index contributed by atoms with van der Waals surface area (Å²) in [4.78, 5) is 16.3. The number of fused-ring (bicyclic) bond motifs is 1. The van der Waals surface area contributed by atoms with Crippen LogP contribution in [0.2, 0.25) is 0 Å². The van der Waals surface area contributed by atoms with Gasteiger partial charge >= 0.3 is 0 Å². The Morgan fingerprint density at radius 3 is 2.89 bits per heavy atom. The number of ether oxygens (including phenoxy) is 2. The normalized spacial score (nSPS) is 12.2. The van der Waals surface area contributed by atoms with E-state index in [1.807, 2.05) is 18.2 Å². The number of amides is 1. The number of benzene rings is 2. The van der Waals surface area contributed by atoms with Gasteiger partial charge in [0.2, 0.25) is 24.4 Å². The standard InChI is InChI=1S/C20H18FN3O4/c1-12-2-4-14(9-15(12)21)20-23-19(28-24-20)7-6-18(25)22-10-13-3-5-16-17(8-13)27-11-26-16/h2-5,8-9H,6-7,10-11H2,1H3,(H,22,25). The topological polar surface area (TPSA) is 86.5 Å². The van der Waals surface area contributed by atoms with E-state index in [1.54, 1.807) is 19.1 Å². The van der Waals surface area contributed by atoms with E-state index in [0.29, 0.717) is 47.3 Å². The van der Waals surface area contributed by atoms with Crippen molar-refractivity contribution >= 4 is 5.91 Å². The Balaban J connectivity index is 1.29. The van der Waals surface area contributed by atoms with E-state index in [9.17, 15) is 9.18 Å². The Morgan fingerprint density at radius 2 is 2.04 bits per heavy atom. The third kappa shape index (κ3) is 3.95. The molecule has 7 nitrogen and oxygen atoms in total. The van der Waals surface area contributed by atoms with Crippen LogP contribution in [-0.2, 0) is 17.8 Å². The lowest BCUT2D eigenvalue weighted by atomic mass is 10.1. The molecule has 4 rings (SSSR count). The number of carbonyl (C=O) groups excluding carboxylic acids is 1. The van der Waals surface area contributed by atoms with E-state index in [0.717, 1.165) is 5.56 Å². The number of halogens is 1. The molecule has 0 saturated carbocycles. The first-order chi connectivity index (χ1) is 13.6. The van der Waals surface area contributed by atoms with Gasteiger partial charge in [-0.2, -0.15) is 4.98 Å². The molecule has 0 spiro atoms. The molecular weight excluding hydrogens is 365 g/mol. The first-order valence-corrected chi connectivity index (χ1v) is 8.83. The highest BCUT2D eigenvalue weighted by Crippen LogP contribution is 2.32. The molecule has 0 atom stereocenters. The average Bonchev–Trinajstić information content (AvgIpc) is 3.35. The maximum Gasteiger partial charge on any atom is 0.231 e. The fourth-order valence-electron chi connectivity index (χ4n) is 2.77. The van der Waals surface area contributed by atoms with Crippen LogP contribution < -0.4 is 14.8 Å². The van der Waals surface area contributed by atoms with Crippen LogP contribution in [0.5, 0.6) is 11.5 Å². The summed E-state index contributed by atoms with van der Waals surface area (Å²) in [6.07, 6.45) is 0.503. The number of hydrogen-bond acceptors (Lipinski definition) is 6. The maximum absolute atomic E-state index is 13.7. The summed E-state index contributed by atoms with van der Waals surface area (Å²) >= 11 is 0. The molecule has 0 saturated heterocycles. The molecule has 144 valence electrons. The fraction of sp³-hybridized carbons (Fsp3) is 0.250. The average molecular weight is 383 g/mol. The number of aromatic nitrogens is 2. The van der Waals surface area contributed by atoms with Crippen molar-refractivity contribution in [3.05, 3.63) is 59.2 Å². The quantitative estimate of drug-likeness (QED) is 0.704. The predicted molar refractivity (Wildman–Crippen MR) is 97.2 cm³/mol. The van der Waals surface area contributed by atoms with Gasteiger partial charge in [0.25, 0.3) is 0 Å². The summed E-state index contributed by atoms with van der Waals surface area (Å²) in [5.74, 6) is 1.54. The van der Waals surface area contributed by atoms with Gasteiger partial charge in [0.15, 0.2) is 11.5 Å². The number of aryl methyl sites for hydroxylation is 2. The monoisotopic (exact) mass is 383 g/mol. The third-order valence-corrected chi connectivity index (χ3v) is 4.39. The lowest BCUT2D eigenvalue weighted by molar-refractivity contribution is -0.121. The number of nitrogens with zero attached hydrogens (tertiary/aromatic N) is 2. The van der Waals surface area contributed by atoms with Gasteiger partial charge in [0.1, 0.15) is 5.82 Å². The minimum Gasteiger partial charge on any atom is -0.454 e. The number of rotatable bonds is 6. The summed E-state index contributed by atoms with van der Waals surface area (Å²) in [5.41, 5.74) is 2.00. The SMILES string of the molecule is Cc1ccc(-c2noc(CCC(=O)NCc3ccc4c(c3)OCO4)n2)cc1F. The van der Waals surface area contributed by atoms with Gasteiger partial charge in [-0.25, -0.2) is 4.39 Å². The van der Waals surface area contributed by atoms with Crippen LogP contribution in [0.1, 0.15) is 23.4 Å². The van der Waals surface area contributed by atoms with Gasteiger partial charge in [-0.3, -0.25) is 4.79 Å². The molecule has 1 amide bonds. The highest BCUT2D eigenvalue weighted by molar-refractivity contribution is 5.76. The van der Waals surface area contributed by atoms with Crippen LogP contribution >= 0.6 is 0 Å². The maximum atomic E-state index is 13.7. The Kier molecular flexibility index (Phi) is 4.92. The molecule has 1 aliphatic heterocycles. The zero-order valence-electron chi connectivity index (χ0n) is 15.2. The van der Waals surface area contributed by atoms with Crippen molar-refractivity contribution in [2.45, 2.75) is 26.3 Å². The Hall–Kier alpha value is -3.42. The minimum atomic E-state index is -0.327. The third-order valence-electron chi connectivity index (χ3n) is 4.39. The van der Waals surface area contributed by atoms with Crippen LogP contribution in [0, 0.1) is 12.7 Å². The zero-order chi connectivity index (χ0) is 19.5. The van der Waals surface area contributed by atoms with Crippen molar-refractivity contribution < 1.29 is 23.2 Å². The zero-order valence-corrected chi connectivity index (χ0v) is 15.2. The molecule has 2 heterocycles. The Morgan fingerprint density at radius 1 is 1.18 bits per heavy atom. The molecule has 28 heavy (non-hydrogen) atoms. The first kappa shape index (κ1) is 18.0. The molecule has 0 radical (unpaired) electrons. The molecule has 0 bridgehead atoms. The van der Waals surface area contributed by atoms with Gasteiger partial charge in [0.05, 0.1) is 0 Å². The minimum absolute atomic E-state index is 0.140. The molecule has 1 aromatic heterocycles. The van der Waals surface area contributed by atoms with E-state index < -0.39 is 0 Å². The Bertz CT molecular complexity index is 1020. The van der Waals surface area contributed by atoms with Crippen molar-refractivity contribution in [2.75, 3.05) is 6.79 Å². The second kappa shape index (κ2) is 7.67. The summed E-state index contributed by atoms with van der Waals surface area (Å²) in [6, 6.07) is 10.3. The molecule has 2 aromatic carbocycles. The van der Waals surface area contributed by atoms with Crippen LogP contribution in [0.3, 0.4) is 0 Å². The molecule has 3 aromatic rings. The van der Waals surface area contributed by atoms with Crippen LogP contribution in [0.4, 0.5) is 4.39 Å². The van der Waals surface area contributed by atoms with E-state index in [2.05, 4.69) is 15.5 Å². The molecular formula is C20H18FN3O4. The summed E-state index contributed by atoms with van der Waals surface area (Å²) in [7, 11) is 0. The van der Waals surface area contributed by atoms with E-state index in [-0.39, 0.29) is 24.9 Å². The van der Waals surface area contributed by atoms with Gasteiger partial charge < -0.3 is 19.3 Å². The van der Waals surface area contributed by atoms with Gasteiger partial charge in [-0.05, 0) is 36.2 Å². The smallest absolute Gasteiger partial charge is 0.231 e. The van der Waals surface area contributed by atoms with Crippen molar-refractivity contribution in [3.8, 4) is 22.9 Å². The molecule has 0 fully saturated rings. The molecule has 0 aliphatic carbocycles. The first-order valence-electron chi connectivity index (χ1n) is 8.83. The summed E-state index contributed by atoms with van der Waals surface area (Å²) in [6.45, 7) is 2.28. The molecule has 1 aliphatic rings. The fourth-order valence-corrected chi connectivity index (χ4v) is 2.77. The van der Waals surface area contributed by atoms with Gasteiger partial charge in [-0.15, -0.1) is 0 Å². The van der Waals surface area contributed by atoms with Gasteiger partial charge in [-0.1, -0.05) is 23.4 Å². The van der Waals surface area contributed by atoms with Crippen molar-refractivity contribution in [2.24, 2.45) is 0 Å². The number of carbonyl (C=O) groups is 1. The summed E-state index contributed by atoms with van der Waals surface area (Å²) < 4.78 is 29.4. The van der Waals surface area contributed by atoms with Crippen LogP contribution in [0.25, 0.3) is 11.4 Å². The molecule has 8 heteroatoms. The highest BCUT2D eigenvalue weighted by atomic mass is 19.1. The lowest BCUT2D eigenvalue weighted by Gasteiger charge is -2.05. The Labute approximate surface area is 160 Å². The van der Waals surface area contributed by atoms with Gasteiger partial charge in [0, 0.05) is 24.9 Å².